The summed E-state index contributed by atoms with van der Waals surface area (Å²) in [6.07, 6.45) is 0. The van der Waals surface area contributed by atoms with Gasteiger partial charge in [0.05, 0.1) is 5.25 Å². The van der Waals surface area contributed by atoms with E-state index in [4.69, 9.17) is 23.2 Å². The van der Waals surface area contributed by atoms with E-state index in [9.17, 15) is 4.79 Å². The molecule has 0 bridgehead atoms. The van der Waals surface area contributed by atoms with Gasteiger partial charge in [-0.15, -0.1) is 0 Å². The first-order valence-electron chi connectivity index (χ1n) is 4.40. The second-order valence-corrected chi connectivity index (χ2v) is 4.75. The molecule has 0 heterocycles. The van der Waals surface area contributed by atoms with Gasteiger partial charge in [0, 0.05) is 16.6 Å². The van der Waals surface area contributed by atoms with E-state index in [0.717, 1.165) is 5.56 Å². The van der Waals surface area contributed by atoms with Crippen molar-refractivity contribution in [1.82, 2.24) is 5.32 Å². The van der Waals surface area contributed by atoms with Crippen LogP contribution in [0.1, 0.15) is 12.5 Å². The van der Waals surface area contributed by atoms with Crippen LogP contribution in [0.2, 0.25) is 10.0 Å². The van der Waals surface area contributed by atoms with E-state index in [0.29, 0.717) is 16.6 Å². The average molecular weight is 264 g/mol. The fourth-order valence-electron chi connectivity index (χ4n) is 0.995. The molecule has 82 valence electrons. The summed E-state index contributed by atoms with van der Waals surface area (Å²) in [5.41, 5.74) is 0.836. The van der Waals surface area contributed by atoms with Crippen LogP contribution in [0, 0.1) is 0 Å². The summed E-state index contributed by atoms with van der Waals surface area (Å²) in [6.45, 7) is 2.10. The van der Waals surface area contributed by atoms with Crippen LogP contribution >= 0.6 is 35.8 Å². The van der Waals surface area contributed by atoms with Crippen molar-refractivity contribution in [2.45, 2.75) is 18.7 Å². The zero-order chi connectivity index (χ0) is 11.4. The van der Waals surface area contributed by atoms with Crippen LogP contribution < -0.4 is 5.32 Å². The zero-order valence-corrected chi connectivity index (χ0v) is 10.5. The van der Waals surface area contributed by atoms with Gasteiger partial charge in [-0.05, 0) is 24.6 Å². The third-order valence-corrected chi connectivity index (χ3v) is 2.67. The van der Waals surface area contributed by atoms with Gasteiger partial charge in [-0.25, -0.2) is 0 Å². The maximum absolute atomic E-state index is 11.2. The number of thiol groups is 1. The number of carbonyl (C=O) groups excluding carboxylic acids is 1. The minimum atomic E-state index is -0.323. The molecule has 0 aliphatic rings. The lowest BCUT2D eigenvalue weighted by atomic mass is 10.2. The Morgan fingerprint density at radius 3 is 2.73 bits per heavy atom. The normalized spacial score (nSPS) is 12.3. The van der Waals surface area contributed by atoms with Crippen LogP contribution in [-0.2, 0) is 11.3 Å². The van der Waals surface area contributed by atoms with Gasteiger partial charge in [0.25, 0.3) is 0 Å². The van der Waals surface area contributed by atoms with Crippen LogP contribution in [0.5, 0.6) is 0 Å². The molecule has 1 amide bonds. The molecule has 5 heteroatoms. The molecule has 0 aliphatic heterocycles. The van der Waals surface area contributed by atoms with E-state index in [1.807, 2.05) is 0 Å². The smallest absolute Gasteiger partial charge is 0.232 e. The minimum absolute atomic E-state index is 0.121. The van der Waals surface area contributed by atoms with Crippen molar-refractivity contribution in [3.05, 3.63) is 33.8 Å². The molecular weight excluding hydrogens is 253 g/mol. The maximum atomic E-state index is 11.2. The van der Waals surface area contributed by atoms with Crippen LogP contribution in [0.3, 0.4) is 0 Å². The topological polar surface area (TPSA) is 29.1 Å². The highest BCUT2D eigenvalue weighted by atomic mass is 35.5. The molecule has 0 saturated heterocycles. The molecule has 0 aliphatic carbocycles. The third-order valence-electron chi connectivity index (χ3n) is 1.85. The van der Waals surface area contributed by atoms with Crippen LogP contribution in [0.25, 0.3) is 0 Å². The van der Waals surface area contributed by atoms with E-state index in [-0.39, 0.29) is 11.2 Å². The molecule has 1 N–H and O–H groups in total. The highest BCUT2D eigenvalue weighted by Gasteiger charge is 2.08. The number of hydrogen-bond acceptors (Lipinski definition) is 2. The molecule has 0 radical (unpaired) electrons. The Bertz CT molecular complexity index is 368. The minimum Gasteiger partial charge on any atom is -0.351 e. The van der Waals surface area contributed by atoms with Crippen molar-refractivity contribution in [2.75, 3.05) is 0 Å². The Morgan fingerprint density at radius 2 is 2.20 bits per heavy atom. The number of halogens is 2. The molecule has 0 aromatic heterocycles. The van der Waals surface area contributed by atoms with E-state index < -0.39 is 0 Å². The Kier molecular flexibility index (Phi) is 4.77. The van der Waals surface area contributed by atoms with Crippen molar-refractivity contribution in [3.8, 4) is 0 Å². The molecule has 15 heavy (non-hydrogen) atoms. The zero-order valence-electron chi connectivity index (χ0n) is 8.13. The van der Waals surface area contributed by atoms with Gasteiger partial charge in [-0.3, -0.25) is 4.79 Å². The highest BCUT2D eigenvalue weighted by Crippen LogP contribution is 2.20. The summed E-state index contributed by atoms with van der Waals surface area (Å²) < 4.78 is 0. The number of amides is 1. The largest absolute Gasteiger partial charge is 0.351 e. The number of rotatable bonds is 3. The molecule has 0 spiro atoms. The molecule has 0 saturated carbocycles. The molecule has 1 unspecified atom stereocenters. The summed E-state index contributed by atoms with van der Waals surface area (Å²) in [6, 6.07) is 5.17. The Morgan fingerprint density at radius 1 is 1.53 bits per heavy atom. The number of hydrogen-bond donors (Lipinski definition) is 2. The van der Waals surface area contributed by atoms with Gasteiger partial charge in [-0.1, -0.05) is 29.3 Å². The monoisotopic (exact) mass is 263 g/mol. The van der Waals surface area contributed by atoms with Gasteiger partial charge in [-0.2, -0.15) is 12.6 Å². The molecule has 1 atom stereocenters. The van der Waals surface area contributed by atoms with E-state index in [1.54, 1.807) is 25.1 Å². The fourth-order valence-corrected chi connectivity index (χ4v) is 1.56. The lowest BCUT2D eigenvalue weighted by Gasteiger charge is -2.08. The van der Waals surface area contributed by atoms with Crippen molar-refractivity contribution in [1.29, 1.82) is 0 Å². The van der Waals surface area contributed by atoms with Crippen molar-refractivity contribution in [3.63, 3.8) is 0 Å². The van der Waals surface area contributed by atoms with Gasteiger partial charge >= 0.3 is 0 Å². The molecule has 1 aromatic carbocycles. The van der Waals surface area contributed by atoms with Gasteiger partial charge in [0.2, 0.25) is 5.91 Å². The Hall–Kier alpha value is -0.380. The first kappa shape index (κ1) is 12.7. The van der Waals surface area contributed by atoms with Crippen molar-refractivity contribution >= 4 is 41.7 Å². The lowest BCUT2D eigenvalue weighted by Crippen LogP contribution is -2.29. The van der Waals surface area contributed by atoms with E-state index in [1.165, 1.54) is 0 Å². The Labute approximate surface area is 104 Å². The number of nitrogens with one attached hydrogen (secondary N) is 1. The van der Waals surface area contributed by atoms with Crippen molar-refractivity contribution in [2.24, 2.45) is 0 Å². The SMILES string of the molecule is CC(S)C(=O)NCc1ccc(Cl)cc1Cl. The highest BCUT2D eigenvalue weighted by molar-refractivity contribution is 7.81. The summed E-state index contributed by atoms with van der Waals surface area (Å²) in [4.78, 5) is 11.2. The third kappa shape index (κ3) is 3.93. The second-order valence-electron chi connectivity index (χ2n) is 3.13. The summed E-state index contributed by atoms with van der Waals surface area (Å²) >= 11 is 15.7. The van der Waals surface area contributed by atoms with Gasteiger partial charge < -0.3 is 5.32 Å². The molecule has 1 aromatic rings. The van der Waals surface area contributed by atoms with E-state index in [2.05, 4.69) is 17.9 Å². The molecule has 1 rings (SSSR count). The van der Waals surface area contributed by atoms with Crippen LogP contribution in [-0.4, -0.2) is 11.2 Å². The predicted octanol–water partition coefficient (Wildman–Crippen LogP) is 2.93. The predicted molar refractivity (Wildman–Crippen MR) is 66.8 cm³/mol. The first-order chi connectivity index (χ1) is 7.00. The molecule has 0 fully saturated rings. The summed E-state index contributed by atoms with van der Waals surface area (Å²) in [5, 5.41) is 3.52. The molecule has 2 nitrogen and oxygen atoms in total. The Balaban J connectivity index is 2.62. The second kappa shape index (κ2) is 5.64. The molecular formula is C10H11Cl2NOS. The fraction of sp³-hybridized carbons (Fsp3) is 0.300. The van der Waals surface area contributed by atoms with Crippen LogP contribution in [0.4, 0.5) is 0 Å². The van der Waals surface area contributed by atoms with Crippen molar-refractivity contribution < 1.29 is 4.79 Å². The van der Waals surface area contributed by atoms with Gasteiger partial charge in [0.1, 0.15) is 0 Å². The maximum Gasteiger partial charge on any atom is 0.232 e. The summed E-state index contributed by atoms with van der Waals surface area (Å²) in [5.74, 6) is -0.121. The number of benzene rings is 1. The quantitative estimate of drug-likeness (QED) is 0.807. The first-order valence-corrected chi connectivity index (χ1v) is 5.67. The van der Waals surface area contributed by atoms with Crippen LogP contribution in [0.15, 0.2) is 18.2 Å². The van der Waals surface area contributed by atoms with Gasteiger partial charge in [0.15, 0.2) is 0 Å². The lowest BCUT2D eigenvalue weighted by molar-refractivity contribution is -0.120. The number of carbonyl (C=O) groups is 1. The standard InChI is InChI=1S/C10H11Cl2NOS/c1-6(15)10(14)13-5-7-2-3-8(11)4-9(7)12/h2-4,6,15H,5H2,1H3,(H,13,14). The average Bonchev–Trinajstić information content (AvgIpc) is 2.15. The van der Waals surface area contributed by atoms with E-state index >= 15 is 0 Å². The summed E-state index contributed by atoms with van der Waals surface area (Å²) in [7, 11) is 0.